The minimum atomic E-state index is -0.512. The van der Waals surface area contributed by atoms with Gasteiger partial charge in [0.2, 0.25) is 0 Å². The SMILES string of the molecule is COCC(=O)N1c2cc3c(cc2OC[C@@H]1C)CCN(C(=O)OC(C)(C)C)CC3. The van der Waals surface area contributed by atoms with Gasteiger partial charge in [0.15, 0.2) is 0 Å². The molecule has 0 bridgehead atoms. The quantitative estimate of drug-likeness (QED) is 0.777. The van der Waals surface area contributed by atoms with Gasteiger partial charge in [0.1, 0.15) is 24.6 Å². The van der Waals surface area contributed by atoms with Gasteiger partial charge in [0, 0.05) is 20.2 Å². The van der Waals surface area contributed by atoms with Crippen molar-refractivity contribution in [3.8, 4) is 5.75 Å². The third-order valence-electron chi connectivity index (χ3n) is 4.95. The van der Waals surface area contributed by atoms with Crippen LogP contribution in [0.2, 0.25) is 0 Å². The third-order valence-corrected chi connectivity index (χ3v) is 4.95. The van der Waals surface area contributed by atoms with Crippen LogP contribution in [0.15, 0.2) is 12.1 Å². The van der Waals surface area contributed by atoms with Crippen LogP contribution in [-0.4, -0.2) is 62.0 Å². The number of methoxy groups -OCH3 is 1. The number of hydrogen-bond donors (Lipinski definition) is 0. The van der Waals surface area contributed by atoms with E-state index in [1.807, 2.05) is 39.8 Å². The van der Waals surface area contributed by atoms with Crippen LogP contribution in [0.3, 0.4) is 0 Å². The first kappa shape index (κ1) is 20.5. The van der Waals surface area contributed by atoms with Gasteiger partial charge >= 0.3 is 6.09 Å². The number of hydrogen-bond acceptors (Lipinski definition) is 5. The summed E-state index contributed by atoms with van der Waals surface area (Å²) in [6.45, 7) is 9.25. The number of rotatable bonds is 2. The van der Waals surface area contributed by atoms with E-state index in [-0.39, 0.29) is 24.6 Å². The van der Waals surface area contributed by atoms with E-state index >= 15 is 0 Å². The van der Waals surface area contributed by atoms with Gasteiger partial charge in [-0.3, -0.25) is 4.79 Å². The highest BCUT2D eigenvalue weighted by molar-refractivity contribution is 5.97. The van der Waals surface area contributed by atoms with Gasteiger partial charge in [-0.1, -0.05) is 0 Å². The van der Waals surface area contributed by atoms with Gasteiger partial charge in [-0.15, -0.1) is 0 Å². The van der Waals surface area contributed by atoms with Crippen molar-refractivity contribution < 1.29 is 23.8 Å². The number of anilines is 1. The van der Waals surface area contributed by atoms with Crippen LogP contribution < -0.4 is 9.64 Å². The lowest BCUT2D eigenvalue weighted by Gasteiger charge is -2.35. The molecule has 7 heteroatoms. The molecular formula is C21H30N2O5. The first-order chi connectivity index (χ1) is 13.2. The Morgan fingerprint density at radius 1 is 1.18 bits per heavy atom. The van der Waals surface area contributed by atoms with Crippen molar-refractivity contribution in [3.05, 3.63) is 23.3 Å². The van der Waals surface area contributed by atoms with E-state index in [1.165, 1.54) is 7.11 Å². The van der Waals surface area contributed by atoms with Crippen LogP contribution in [0, 0.1) is 0 Å². The van der Waals surface area contributed by atoms with Crippen LogP contribution in [-0.2, 0) is 27.1 Å². The molecule has 0 N–H and O–H groups in total. The van der Waals surface area contributed by atoms with E-state index in [9.17, 15) is 9.59 Å². The van der Waals surface area contributed by atoms with E-state index in [1.54, 1.807) is 9.80 Å². The molecule has 1 atom stereocenters. The zero-order valence-corrected chi connectivity index (χ0v) is 17.4. The largest absolute Gasteiger partial charge is 0.489 e. The van der Waals surface area contributed by atoms with Crippen molar-refractivity contribution in [3.63, 3.8) is 0 Å². The Hall–Kier alpha value is -2.28. The lowest BCUT2D eigenvalue weighted by molar-refractivity contribution is -0.122. The maximum Gasteiger partial charge on any atom is 0.410 e. The molecule has 2 aliphatic heterocycles. The third kappa shape index (κ3) is 4.41. The molecule has 2 aliphatic rings. The Labute approximate surface area is 166 Å². The number of amides is 2. The van der Waals surface area contributed by atoms with Gasteiger partial charge in [-0.05, 0) is 63.8 Å². The predicted molar refractivity (Wildman–Crippen MR) is 106 cm³/mol. The van der Waals surface area contributed by atoms with Gasteiger partial charge in [-0.25, -0.2) is 4.79 Å². The maximum atomic E-state index is 12.6. The molecular weight excluding hydrogens is 360 g/mol. The van der Waals surface area contributed by atoms with Crippen LogP contribution in [0.25, 0.3) is 0 Å². The highest BCUT2D eigenvalue weighted by atomic mass is 16.6. The Morgan fingerprint density at radius 3 is 2.43 bits per heavy atom. The Morgan fingerprint density at radius 2 is 1.82 bits per heavy atom. The summed E-state index contributed by atoms with van der Waals surface area (Å²) in [6, 6.07) is 3.99. The molecule has 2 heterocycles. The fourth-order valence-corrected chi connectivity index (χ4v) is 3.65. The van der Waals surface area contributed by atoms with E-state index in [0.29, 0.717) is 31.9 Å². The number of fused-ring (bicyclic) bond motifs is 2. The Kier molecular flexibility index (Phi) is 5.84. The molecule has 3 rings (SSSR count). The summed E-state index contributed by atoms with van der Waals surface area (Å²) >= 11 is 0. The first-order valence-electron chi connectivity index (χ1n) is 9.77. The number of ether oxygens (including phenoxy) is 3. The highest BCUT2D eigenvalue weighted by Crippen LogP contribution is 2.37. The van der Waals surface area contributed by atoms with Crippen molar-refractivity contribution in [2.75, 3.05) is 38.3 Å². The standard InChI is InChI=1S/C21H30N2O5/c1-14-12-27-18-11-16-7-9-22(20(25)28-21(2,3)4)8-6-15(16)10-17(18)23(14)19(24)13-26-5/h10-11,14H,6-9,12-13H2,1-5H3/t14-/m0/s1. The molecule has 154 valence electrons. The Bertz CT molecular complexity index is 756. The summed E-state index contributed by atoms with van der Waals surface area (Å²) in [6.07, 6.45) is 1.15. The normalized spacial score (nSPS) is 19.2. The summed E-state index contributed by atoms with van der Waals surface area (Å²) < 4.78 is 16.5. The molecule has 0 radical (unpaired) electrons. The predicted octanol–water partition coefficient (Wildman–Crippen LogP) is 2.78. The average Bonchev–Trinajstić information content (AvgIpc) is 2.80. The fourth-order valence-electron chi connectivity index (χ4n) is 3.65. The second-order valence-corrected chi connectivity index (χ2v) is 8.41. The van der Waals surface area contributed by atoms with Crippen molar-refractivity contribution in [1.29, 1.82) is 0 Å². The van der Waals surface area contributed by atoms with Crippen LogP contribution in [0.1, 0.15) is 38.8 Å². The molecule has 28 heavy (non-hydrogen) atoms. The van der Waals surface area contributed by atoms with Crippen LogP contribution in [0.5, 0.6) is 5.75 Å². The summed E-state index contributed by atoms with van der Waals surface area (Å²) in [5.41, 5.74) is 2.56. The molecule has 0 saturated heterocycles. The molecule has 0 aliphatic carbocycles. The zero-order chi connectivity index (χ0) is 20.5. The smallest absolute Gasteiger partial charge is 0.410 e. The summed E-state index contributed by atoms with van der Waals surface area (Å²) in [4.78, 5) is 28.5. The zero-order valence-electron chi connectivity index (χ0n) is 17.4. The van der Waals surface area contributed by atoms with Crippen LogP contribution >= 0.6 is 0 Å². The second kappa shape index (κ2) is 7.99. The second-order valence-electron chi connectivity index (χ2n) is 8.41. The van der Waals surface area contributed by atoms with Crippen molar-refractivity contribution in [2.45, 2.75) is 52.2 Å². The van der Waals surface area contributed by atoms with E-state index < -0.39 is 5.60 Å². The van der Waals surface area contributed by atoms with Crippen molar-refractivity contribution in [2.24, 2.45) is 0 Å². The van der Waals surface area contributed by atoms with E-state index in [0.717, 1.165) is 23.2 Å². The molecule has 0 aromatic heterocycles. The molecule has 0 saturated carbocycles. The number of carbonyl (C=O) groups excluding carboxylic acids is 2. The van der Waals surface area contributed by atoms with Gasteiger partial charge in [-0.2, -0.15) is 0 Å². The molecule has 0 spiro atoms. The van der Waals surface area contributed by atoms with Gasteiger partial charge < -0.3 is 24.0 Å². The molecule has 1 aromatic rings. The molecule has 1 aromatic carbocycles. The molecule has 0 fully saturated rings. The lowest BCUT2D eigenvalue weighted by Crippen LogP contribution is -2.46. The first-order valence-corrected chi connectivity index (χ1v) is 9.77. The summed E-state index contributed by atoms with van der Waals surface area (Å²) in [5.74, 6) is 0.635. The van der Waals surface area contributed by atoms with E-state index in [4.69, 9.17) is 14.2 Å². The van der Waals surface area contributed by atoms with E-state index in [2.05, 4.69) is 0 Å². The topological polar surface area (TPSA) is 68.3 Å². The fraction of sp³-hybridized carbons (Fsp3) is 0.619. The van der Waals surface area contributed by atoms with Gasteiger partial charge in [0.05, 0.1) is 11.7 Å². The molecule has 2 amide bonds. The summed E-state index contributed by atoms with van der Waals surface area (Å²) in [5, 5.41) is 0. The van der Waals surface area contributed by atoms with Gasteiger partial charge in [0.25, 0.3) is 5.91 Å². The number of carbonyl (C=O) groups is 2. The minimum Gasteiger partial charge on any atom is -0.489 e. The summed E-state index contributed by atoms with van der Waals surface area (Å²) in [7, 11) is 1.52. The average molecular weight is 390 g/mol. The number of benzene rings is 1. The Balaban J connectivity index is 1.83. The van der Waals surface area contributed by atoms with Crippen LogP contribution in [0.4, 0.5) is 10.5 Å². The molecule has 0 unspecified atom stereocenters. The molecule has 7 nitrogen and oxygen atoms in total. The van der Waals surface area contributed by atoms with Crippen molar-refractivity contribution >= 4 is 17.7 Å². The highest BCUT2D eigenvalue weighted by Gasteiger charge is 2.31. The number of nitrogens with zero attached hydrogens (tertiary/aromatic N) is 2. The minimum absolute atomic E-state index is 0.0350. The van der Waals surface area contributed by atoms with Crippen molar-refractivity contribution in [1.82, 2.24) is 4.90 Å². The maximum absolute atomic E-state index is 12.6. The monoisotopic (exact) mass is 390 g/mol. The lowest BCUT2D eigenvalue weighted by atomic mass is 9.99.